The first-order chi connectivity index (χ1) is 14.4. The van der Waals surface area contributed by atoms with E-state index in [4.69, 9.17) is 18.9 Å². The van der Waals surface area contributed by atoms with Crippen molar-refractivity contribution in [2.75, 3.05) is 20.3 Å². The van der Waals surface area contributed by atoms with E-state index in [9.17, 15) is 14.0 Å². The molecule has 0 aromatic heterocycles. The molecule has 0 saturated heterocycles. The van der Waals surface area contributed by atoms with Crippen molar-refractivity contribution < 1.29 is 32.9 Å². The zero-order chi connectivity index (χ0) is 21.7. The smallest absolute Gasteiger partial charge is 0.363 e. The lowest BCUT2D eigenvalue weighted by atomic mass is 10.1. The molecule has 0 fully saturated rings. The normalized spacial score (nSPS) is 14.3. The quantitative estimate of drug-likeness (QED) is 0.444. The van der Waals surface area contributed by atoms with Gasteiger partial charge in [-0.15, -0.1) is 0 Å². The van der Waals surface area contributed by atoms with Gasteiger partial charge in [0.1, 0.15) is 5.82 Å². The third kappa shape index (κ3) is 5.04. The van der Waals surface area contributed by atoms with Crippen molar-refractivity contribution in [3.63, 3.8) is 0 Å². The predicted molar refractivity (Wildman–Crippen MR) is 110 cm³/mol. The van der Waals surface area contributed by atoms with Crippen LogP contribution >= 0.6 is 15.9 Å². The van der Waals surface area contributed by atoms with Crippen LogP contribution in [0.15, 0.2) is 51.6 Å². The maximum Gasteiger partial charge on any atom is 0.363 e. The SMILES string of the molecule is CCOC(=O)COc1c(Br)cc(/C=C2\N=C(c3ccc(F)cc3)OC2=O)cc1OC. The number of halogens is 2. The zero-order valence-electron chi connectivity index (χ0n) is 16.1. The lowest BCUT2D eigenvalue weighted by Gasteiger charge is -2.13. The van der Waals surface area contributed by atoms with Crippen LogP contribution in [0.4, 0.5) is 4.39 Å². The van der Waals surface area contributed by atoms with Crippen LogP contribution in [0.1, 0.15) is 18.1 Å². The molecule has 1 heterocycles. The number of cyclic esters (lactones) is 1. The highest BCUT2D eigenvalue weighted by molar-refractivity contribution is 9.10. The molecule has 0 N–H and O–H groups in total. The molecule has 0 aliphatic carbocycles. The highest BCUT2D eigenvalue weighted by Gasteiger charge is 2.24. The average Bonchev–Trinajstić information content (AvgIpc) is 3.07. The van der Waals surface area contributed by atoms with Gasteiger partial charge < -0.3 is 18.9 Å². The summed E-state index contributed by atoms with van der Waals surface area (Å²) in [4.78, 5) is 27.9. The predicted octanol–water partition coefficient (Wildman–Crippen LogP) is 3.88. The summed E-state index contributed by atoms with van der Waals surface area (Å²) in [6.07, 6.45) is 1.52. The molecule has 9 heteroatoms. The minimum absolute atomic E-state index is 0.0727. The Bertz CT molecular complexity index is 1030. The summed E-state index contributed by atoms with van der Waals surface area (Å²) in [5, 5.41) is 0. The lowest BCUT2D eigenvalue weighted by molar-refractivity contribution is -0.145. The van der Waals surface area contributed by atoms with Crippen molar-refractivity contribution in [2.24, 2.45) is 4.99 Å². The van der Waals surface area contributed by atoms with Gasteiger partial charge in [0.25, 0.3) is 0 Å². The van der Waals surface area contributed by atoms with Crippen molar-refractivity contribution >= 4 is 39.8 Å². The van der Waals surface area contributed by atoms with Crippen LogP contribution in [-0.2, 0) is 19.1 Å². The molecule has 0 saturated carbocycles. The molecule has 0 bridgehead atoms. The van der Waals surface area contributed by atoms with Crippen molar-refractivity contribution in [3.8, 4) is 11.5 Å². The van der Waals surface area contributed by atoms with Gasteiger partial charge in [0, 0.05) is 5.56 Å². The molecule has 7 nitrogen and oxygen atoms in total. The zero-order valence-corrected chi connectivity index (χ0v) is 17.7. The molecule has 0 atom stereocenters. The van der Waals surface area contributed by atoms with Crippen molar-refractivity contribution in [1.82, 2.24) is 0 Å². The van der Waals surface area contributed by atoms with Crippen molar-refractivity contribution in [3.05, 3.63) is 63.5 Å². The molecule has 2 aromatic carbocycles. The number of hydrogen-bond donors (Lipinski definition) is 0. The molecule has 1 aliphatic heterocycles. The Hall–Kier alpha value is -3.20. The number of ether oxygens (including phenoxy) is 4. The molecular weight excluding hydrogens is 461 g/mol. The third-order valence-electron chi connectivity index (χ3n) is 3.91. The van der Waals surface area contributed by atoms with Crippen LogP contribution in [0, 0.1) is 5.82 Å². The number of carbonyl (C=O) groups excluding carboxylic acids is 2. The van der Waals surface area contributed by atoms with E-state index in [-0.39, 0.29) is 24.8 Å². The number of hydrogen-bond acceptors (Lipinski definition) is 7. The molecule has 0 spiro atoms. The molecule has 0 unspecified atom stereocenters. The molecule has 2 aromatic rings. The van der Waals surface area contributed by atoms with Gasteiger partial charge in [-0.1, -0.05) is 0 Å². The van der Waals surface area contributed by atoms with Gasteiger partial charge in [-0.25, -0.2) is 19.0 Å². The van der Waals surface area contributed by atoms with Crippen LogP contribution in [0.3, 0.4) is 0 Å². The van der Waals surface area contributed by atoms with Crippen LogP contribution in [-0.4, -0.2) is 38.2 Å². The molecular formula is C21H17BrFNO6. The topological polar surface area (TPSA) is 83.4 Å². The second kappa shape index (κ2) is 9.53. The molecule has 0 amide bonds. The Labute approximate surface area is 180 Å². The average molecular weight is 478 g/mol. The first kappa shape index (κ1) is 21.5. The van der Waals surface area contributed by atoms with E-state index in [1.165, 1.54) is 37.5 Å². The van der Waals surface area contributed by atoms with Gasteiger partial charge >= 0.3 is 11.9 Å². The number of carbonyl (C=O) groups is 2. The minimum Gasteiger partial charge on any atom is -0.493 e. The minimum atomic E-state index is -0.632. The fourth-order valence-electron chi connectivity index (χ4n) is 2.58. The van der Waals surface area contributed by atoms with E-state index in [1.807, 2.05) is 0 Å². The Morgan fingerprint density at radius 1 is 1.27 bits per heavy atom. The Morgan fingerprint density at radius 3 is 2.67 bits per heavy atom. The number of methoxy groups -OCH3 is 1. The second-order valence-electron chi connectivity index (χ2n) is 5.97. The number of esters is 2. The van der Waals surface area contributed by atoms with E-state index in [0.717, 1.165) is 0 Å². The summed E-state index contributed by atoms with van der Waals surface area (Å²) in [5.41, 5.74) is 1.14. The Morgan fingerprint density at radius 2 is 2.00 bits per heavy atom. The first-order valence-electron chi connectivity index (χ1n) is 8.85. The fourth-order valence-corrected chi connectivity index (χ4v) is 3.15. The van der Waals surface area contributed by atoms with Crippen LogP contribution in [0.2, 0.25) is 0 Å². The molecule has 156 valence electrons. The summed E-state index contributed by atoms with van der Waals surface area (Å²) >= 11 is 3.37. The lowest BCUT2D eigenvalue weighted by Crippen LogP contribution is -2.15. The first-order valence-corrected chi connectivity index (χ1v) is 9.65. The maximum atomic E-state index is 13.1. The fraction of sp³-hybridized carbons (Fsp3) is 0.190. The number of rotatable bonds is 7. The summed E-state index contributed by atoms with van der Waals surface area (Å²) < 4.78 is 34.4. The summed E-state index contributed by atoms with van der Waals surface area (Å²) in [5.74, 6) is -0.791. The van der Waals surface area contributed by atoms with Gasteiger partial charge in [-0.05, 0) is 70.9 Å². The summed E-state index contributed by atoms with van der Waals surface area (Å²) in [6.45, 7) is 1.68. The largest absolute Gasteiger partial charge is 0.493 e. The van der Waals surface area contributed by atoms with E-state index < -0.39 is 17.8 Å². The standard InChI is InChI=1S/C21H17BrFNO6/c1-3-28-18(25)11-29-19-15(22)8-12(10-17(19)27-2)9-16-21(26)30-20(24-16)13-4-6-14(23)7-5-13/h4-10H,3,11H2,1-2H3/b16-9-. The molecule has 3 rings (SSSR count). The van der Waals surface area contributed by atoms with Gasteiger partial charge in [-0.3, -0.25) is 0 Å². The number of benzene rings is 2. The molecule has 30 heavy (non-hydrogen) atoms. The second-order valence-corrected chi connectivity index (χ2v) is 6.83. The van der Waals surface area contributed by atoms with Crippen LogP contribution in [0.25, 0.3) is 6.08 Å². The van der Waals surface area contributed by atoms with E-state index in [0.29, 0.717) is 27.1 Å². The molecule has 0 radical (unpaired) electrons. The van der Waals surface area contributed by atoms with Gasteiger partial charge in [0.2, 0.25) is 5.90 Å². The van der Waals surface area contributed by atoms with Crippen molar-refractivity contribution in [1.29, 1.82) is 0 Å². The maximum absolute atomic E-state index is 13.1. The highest BCUT2D eigenvalue weighted by Crippen LogP contribution is 2.37. The van der Waals surface area contributed by atoms with E-state index >= 15 is 0 Å². The van der Waals surface area contributed by atoms with E-state index in [2.05, 4.69) is 20.9 Å². The number of aliphatic imine (C=N–C) groups is 1. The van der Waals surface area contributed by atoms with E-state index in [1.54, 1.807) is 19.1 Å². The summed E-state index contributed by atoms with van der Waals surface area (Å²) in [7, 11) is 1.45. The monoisotopic (exact) mass is 477 g/mol. The summed E-state index contributed by atoms with van der Waals surface area (Å²) in [6, 6.07) is 8.75. The molecule has 1 aliphatic rings. The third-order valence-corrected chi connectivity index (χ3v) is 4.50. The van der Waals surface area contributed by atoms with Gasteiger partial charge in [-0.2, -0.15) is 0 Å². The van der Waals surface area contributed by atoms with Crippen LogP contribution < -0.4 is 9.47 Å². The van der Waals surface area contributed by atoms with Crippen molar-refractivity contribution in [2.45, 2.75) is 6.92 Å². The number of nitrogens with zero attached hydrogens (tertiary/aromatic N) is 1. The van der Waals surface area contributed by atoms with Crippen LogP contribution in [0.5, 0.6) is 11.5 Å². The Balaban J connectivity index is 1.85. The Kier molecular flexibility index (Phi) is 6.83. The highest BCUT2D eigenvalue weighted by atomic mass is 79.9. The van der Waals surface area contributed by atoms with Gasteiger partial charge in [0.05, 0.1) is 18.2 Å². The van der Waals surface area contributed by atoms with Gasteiger partial charge in [0.15, 0.2) is 23.8 Å².